The fourth-order valence-electron chi connectivity index (χ4n) is 2.82. The van der Waals surface area contributed by atoms with Gasteiger partial charge in [-0.1, -0.05) is 43.3 Å². The van der Waals surface area contributed by atoms with Crippen LogP contribution in [0, 0.1) is 5.92 Å². The monoisotopic (exact) mass is 356 g/mol. The van der Waals surface area contributed by atoms with E-state index in [2.05, 4.69) is 12.1 Å². The van der Waals surface area contributed by atoms with Gasteiger partial charge >= 0.3 is 5.97 Å². The van der Waals surface area contributed by atoms with Gasteiger partial charge in [-0.25, -0.2) is 0 Å². The van der Waals surface area contributed by atoms with Crippen LogP contribution in [0.4, 0.5) is 0 Å². The Hall–Kier alpha value is -2.49. The molecular formula is C22H28O4. The van der Waals surface area contributed by atoms with Crippen molar-refractivity contribution in [3.8, 4) is 11.5 Å². The lowest BCUT2D eigenvalue weighted by molar-refractivity contribution is -0.148. The van der Waals surface area contributed by atoms with Crippen LogP contribution in [0.15, 0.2) is 48.5 Å². The van der Waals surface area contributed by atoms with Crippen LogP contribution >= 0.6 is 0 Å². The van der Waals surface area contributed by atoms with Gasteiger partial charge in [-0.3, -0.25) is 4.79 Å². The van der Waals surface area contributed by atoms with E-state index in [1.54, 1.807) is 7.11 Å². The molecule has 0 N–H and O–H groups in total. The van der Waals surface area contributed by atoms with Crippen molar-refractivity contribution in [3.05, 3.63) is 59.7 Å². The smallest absolute Gasteiger partial charge is 0.309 e. The third-order valence-electron chi connectivity index (χ3n) is 4.31. The highest BCUT2D eigenvalue weighted by Gasteiger charge is 2.19. The zero-order chi connectivity index (χ0) is 18.8. The van der Waals surface area contributed by atoms with Crippen LogP contribution in [0.1, 0.15) is 31.4 Å². The minimum atomic E-state index is -0.141. The second-order valence-corrected chi connectivity index (χ2v) is 6.13. The first kappa shape index (κ1) is 19.8. The van der Waals surface area contributed by atoms with E-state index in [1.807, 2.05) is 50.2 Å². The minimum absolute atomic E-state index is 0.138. The van der Waals surface area contributed by atoms with Crippen LogP contribution in [0.25, 0.3) is 0 Å². The average molecular weight is 356 g/mol. The van der Waals surface area contributed by atoms with Crippen molar-refractivity contribution in [1.29, 1.82) is 0 Å². The van der Waals surface area contributed by atoms with Crippen LogP contribution in [-0.4, -0.2) is 26.3 Å². The molecule has 140 valence electrons. The predicted octanol–water partition coefficient (Wildman–Crippen LogP) is 4.45. The Kier molecular flexibility index (Phi) is 8.00. The molecule has 0 aromatic heterocycles. The number of carbonyl (C=O) groups excluding carboxylic acids is 1. The maximum atomic E-state index is 12.0. The topological polar surface area (TPSA) is 44.8 Å². The molecule has 0 aliphatic carbocycles. The van der Waals surface area contributed by atoms with Gasteiger partial charge in [0.25, 0.3) is 0 Å². The maximum absolute atomic E-state index is 12.0. The summed E-state index contributed by atoms with van der Waals surface area (Å²) >= 11 is 0. The fraction of sp³-hybridized carbons (Fsp3) is 0.409. The zero-order valence-electron chi connectivity index (χ0n) is 15.9. The Morgan fingerprint density at radius 2 is 1.77 bits per heavy atom. The Balaban J connectivity index is 2.03. The highest BCUT2D eigenvalue weighted by molar-refractivity contribution is 5.72. The molecule has 0 saturated carbocycles. The van der Waals surface area contributed by atoms with E-state index in [9.17, 15) is 4.79 Å². The number of hydrogen-bond acceptors (Lipinski definition) is 4. The van der Waals surface area contributed by atoms with Gasteiger partial charge in [-0.05, 0) is 43.0 Å². The maximum Gasteiger partial charge on any atom is 0.309 e. The summed E-state index contributed by atoms with van der Waals surface area (Å²) in [5.74, 6) is 1.13. The second-order valence-electron chi connectivity index (χ2n) is 6.13. The van der Waals surface area contributed by atoms with Crippen molar-refractivity contribution in [3.63, 3.8) is 0 Å². The second kappa shape index (κ2) is 10.5. The quantitative estimate of drug-likeness (QED) is 0.590. The van der Waals surface area contributed by atoms with Gasteiger partial charge in [0.2, 0.25) is 0 Å². The fourth-order valence-corrected chi connectivity index (χ4v) is 2.82. The normalized spacial score (nSPS) is 11.7. The van der Waals surface area contributed by atoms with Crippen molar-refractivity contribution >= 4 is 5.97 Å². The molecule has 2 rings (SSSR count). The molecule has 0 amide bonds. The highest BCUT2D eigenvalue weighted by atomic mass is 16.5. The molecule has 0 saturated heterocycles. The number of esters is 1. The molecule has 0 bridgehead atoms. The van der Waals surface area contributed by atoms with Crippen LogP contribution < -0.4 is 9.47 Å². The summed E-state index contributed by atoms with van der Waals surface area (Å²) in [5.41, 5.74) is 2.27. The Morgan fingerprint density at radius 3 is 2.42 bits per heavy atom. The number of hydrogen-bond donors (Lipinski definition) is 0. The Morgan fingerprint density at radius 1 is 1.00 bits per heavy atom. The summed E-state index contributed by atoms with van der Waals surface area (Å²) in [4.78, 5) is 12.0. The van der Waals surface area contributed by atoms with Gasteiger partial charge in [0.1, 0.15) is 0 Å². The average Bonchev–Trinajstić information content (AvgIpc) is 2.67. The molecule has 0 aliphatic heterocycles. The summed E-state index contributed by atoms with van der Waals surface area (Å²) < 4.78 is 16.5. The summed E-state index contributed by atoms with van der Waals surface area (Å²) in [6, 6.07) is 16.1. The van der Waals surface area contributed by atoms with E-state index in [-0.39, 0.29) is 11.9 Å². The zero-order valence-corrected chi connectivity index (χ0v) is 15.9. The number of methoxy groups -OCH3 is 1. The number of benzene rings is 2. The van der Waals surface area contributed by atoms with Gasteiger partial charge in [-0.2, -0.15) is 0 Å². The molecule has 2 aromatic rings. The summed E-state index contributed by atoms with van der Waals surface area (Å²) in [5, 5.41) is 0. The Labute approximate surface area is 156 Å². The van der Waals surface area contributed by atoms with Crippen molar-refractivity contribution in [1.82, 2.24) is 0 Å². The molecule has 4 nitrogen and oxygen atoms in total. The van der Waals surface area contributed by atoms with E-state index >= 15 is 0 Å². The van der Waals surface area contributed by atoms with Crippen LogP contribution in [0.5, 0.6) is 11.5 Å². The standard InChI is InChI=1S/C22H28O4/c1-4-19(22(23)25-5-2)15-18-11-12-20(24-3)21(16-18)26-14-13-17-9-7-6-8-10-17/h6-12,16,19H,4-5,13-15H2,1-3H3. The predicted molar refractivity (Wildman–Crippen MR) is 103 cm³/mol. The van der Waals surface area contributed by atoms with Crippen molar-refractivity contribution < 1.29 is 19.0 Å². The largest absolute Gasteiger partial charge is 0.493 e. The van der Waals surface area contributed by atoms with Crippen LogP contribution in [0.2, 0.25) is 0 Å². The summed E-state index contributed by atoms with van der Waals surface area (Å²) in [6.45, 7) is 4.81. The van der Waals surface area contributed by atoms with Gasteiger partial charge < -0.3 is 14.2 Å². The molecule has 0 spiro atoms. The molecule has 0 heterocycles. The molecule has 0 aliphatic rings. The summed E-state index contributed by atoms with van der Waals surface area (Å²) in [7, 11) is 1.63. The molecule has 1 unspecified atom stereocenters. The number of rotatable bonds is 10. The van der Waals surface area contributed by atoms with E-state index < -0.39 is 0 Å². The van der Waals surface area contributed by atoms with Crippen LogP contribution in [0.3, 0.4) is 0 Å². The molecule has 2 aromatic carbocycles. The van der Waals surface area contributed by atoms with Crippen molar-refractivity contribution in [2.24, 2.45) is 5.92 Å². The van der Waals surface area contributed by atoms with Crippen molar-refractivity contribution in [2.45, 2.75) is 33.1 Å². The van der Waals surface area contributed by atoms with Gasteiger partial charge in [0.05, 0.1) is 26.2 Å². The van der Waals surface area contributed by atoms with E-state index in [0.29, 0.717) is 31.1 Å². The first-order valence-corrected chi connectivity index (χ1v) is 9.18. The van der Waals surface area contributed by atoms with E-state index in [0.717, 1.165) is 18.4 Å². The van der Waals surface area contributed by atoms with Gasteiger partial charge in [-0.15, -0.1) is 0 Å². The molecule has 4 heteroatoms. The highest BCUT2D eigenvalue weighted by Crippen LogP contribution is 2.29. The summed E-state index contributed by atoms with van der Waals surface area (Å²) in [6.07, 6.45) is 2.21. The number of carbonyl (C=O) groups is 1. The lowest BCUT2D eigenvalue weighted by Crippen LogP contribution is -2.19. The van der Waals surface area contributed by atoms with Gasteiger partial charge in [0, 0.05) is 6.42 Å². The lowest BCUT2D eigenvalue weighted by atomic mass is 9.97. The molecule has 0 radical (unpaired) electrons. The lowest BCUT2D eigenvalue weighted by Gasteiger charge is -2.16. The Bertz CT molecular complexity index is 682. The third kappa shape index (κ3) is 5.80. The van der Waals surface area contributed by atoms with Crippen molar-refractivity contribution in [2.75, 3.05) is 20.3 Å². The molecule has 26 heavy (non-hydrogen) atoms. The first-order chi connectivity index (χ1) is 12.7. The SMILES string of the molecule is CCOC(=O)C(CC)Cc1ccc(OC)c(OCCc2ccccc2)c1. The molecular weight excluding hydrogens is 328 g/mol. The first-order valence-electron chi connectivity index (χ1n) is 9.18. The molecule has 0 fully saturated rings. The number of ether oxygens (including phenoxy) is 3. The van der Waals surface area contributed by atoms with E-state index in [4.69, 9.17) is 14.2 Å². The van der Waals surface area contributed by atoms with Gasteiger partial charge in [0.15, 0.2) is 11.5 Å². The van der Waals surface area contributed by atoms with Crippen LogP contribution in [-0.2, 0) is 22.4 Å². The van der Waals surface area contributed by atoms with E-state index in [1.165, 1.54) is 5.56 Å². The minimum Gasteiger partial charge on any atom is -0.493 e. The molecule has 1 atom stereocenters. The third-order valence-corrected chi connectivity index (χ3v) is 4.31.